The molecule has 0 spiro atoms. The van der Waals surface area contributed by atoms with Gasteiger partial charge < -0.3 is 106 Å². The average molecular weight is 1760 g/mol. The van der Waals surface area contributed by atoms with E-state index < -0.39 is 147 Å². The van der Waals surface area contributed by atoms with Gasteiger partial charge >= 0.3 is 52.8 Å². The lowest BCUT2D eigenvalue weighted by Gasteiger charge is -2.44. The lowest BCUT2D eigenvalue weighted by molar-refractivity contribution is -0.291. The summed E-state index contributed by atoms with van der Waals surface area (Å²) in [6, 6.07) is 99.3. The van der Waals surface area contributed by atoms with Crippen molar-refractivity contribution in [3.63, 3.8) is 0 Å². The standard InChI is InChI=1S/C106H74O26/c107-77-51-62(56-82-88(77)128-102(123-82,67-31-11-1-12-32-67)68-33-13-2-14-34-68)96(112)117-61-87-93(119-97(113)63-52-78(108)89-83(57-63)124-103(129-89,69-35-15-3-16-36-69)70-37-17-4-18-38-70)94(120-98(114)64-53-79(109)90-84(58-64)125-104(130-90,71-39-19-5-20-40-71)72-41-21-6-22-42-72)95(121-99(115)65-54-80(110)91-85(59-65)126-105(131-91,73-43-23-7-24-44-73)74-45-25-8-26-46-74)101(118-87)122-100(116)66-55-81(111)92-86(60-66)127-106(132-92,75-47-27-9-28-48-75)76-49-29-10-30-50-76/h1-60,87,93-96,101,107-112H,61H2/t87-,93-,94+,95-,96?,101-/m1/s1. The summed E-state index contributed by atoms with van der Waals surface area (Å²) in [6.07, 6.45) is -13.9. The summed E-state index contributed by atoms with van der Waals surface area (Å²) < 4.78 is 107. The van der Waals surface area contributed by atoms with Gasteiger partial charge in [0.15, 0.2) is 76.0 Å². The van der Waals surface area contributed by atoms with Crippen LogP contribution < -0.4 is 47.4 Å². The van der Waals surface area contributed by atoms with Gasteiger partial charge in [0.05, 0.1) is 28.9 Å². The Morgan fingerprint density at radius 1 is 0.258 bits per heavy atom. The number of ether oxygens (including phenoxy) is 16. The Hall–Kier alpha value is -16.9. The molecule has 26 nitrogen and oxygen atoms in total. The fraction of sp³-hybridized carbons (Fsp3) is 0.113. The van der Waals surface area contributed by atoms with Crippen LogP contribution in [-0.2, 0) is 57.4 Å². The molecular formula is C106H74O26. The minimum Gasteiger partial charge on any atom is -0.504 e. The first kappa shape index (κ1) is 82.1. The molecule has 15 aromatic rings. The summed E-state index contributed by atoms with van der Waals surface area (Å²) in [5, 5.41) is 73.7. The van der Waals surface area contributed by atoms with Gasteiger partial charge in [-0.15, -0.1) is 0 Å². The van der Waals surface area contributed by atoms with Crippen molar-refractivity contribution < 1.29 is 126 Å². The van der Waals surface area contributed by atoms with Crippen LogP contribution in [0.3, 0.4) is 0 Å². The van der Waals surface area contributed by atoms with Crippen LogP contribution in [0.5, 0.6) is 86.2 Å². The van der Waals surface area contributed by atoms with Crippen LogP contribution in [-0.4, -0.2) is 91.8 Å². The van der Waals surface area contributed by atoms with Gasteiger partial charge in [0.1, 0.15) is 6.10 Å². The number of carbonyl (C=O) groups is 4. The number of carbonyl (C=O) groups excluding carboxylic acids is 4. The minimum atomic E-state index is -2.47. The van der Waals surface area contributed by atoms with Gasteiger partial charge in [-0.2, -0.15) is 0 Å². The summed E-state index contributed by atoms with van der Waals surface area (Å²) in [6.45, 7) is -1.03. The van der Waals surface area contributed by atoms with Crippen LogP contribution in [0.15, 0.2) is 364 Å². The molecule has 26 heteroatoms. The Morgan fingerprint density at radius 3 is 0.720 bits per heavy atom. The zero-order valence-electron chi connectivity index (χ0n) is 69.2. The number of rotatable bonds is 22. The van der Waals surface area contributed by atoms with E-state index in [2.05, 4.69) is 0 Å². The number of hydrogen-bond donors (Lipinski definition) is 6. The summed E-state index contributed by atoms with van der Waals surface area (Å²) >= 11 is 0. The molecule has 0 aromatic heterocycles. The van der Waals surface area contributed by atoms with Crippen LogP contribution >= 0.6 is 0 Å². The quantitative estimate of drug-likeness (QED) is 0.0208. The van der Waals surface area contributed by atoms with Crippen LogP contribution in [0.2, 0.25) is 0 Å². The number of aromatic hydroxyl groups is 5. The number of phenols is 5. The average Bonchev–Trinajstić information content (AvgIpc) is 1.53. The van der Waals surface area contributed by atoms with Gasteiger partial charge in [-0.3, -0.25) is 0 Å². The second-order valence-electron chi connectivity index (χ2n) is 31.7. The predicted octanol–water partition coefficient (Wildman–Crippen LogP) is 17.8. The first-order valence-corrected chi connectivity index (χ1v) is 41.9. The lowest BCUT2D eigenvalue weighted by atomic mass is 9.97. The van der Waals surface area contributed by atoms with Crippen molar-refractivity contribution >= 4 is 23.9 Å². The highest BCUT2D eigenvalue weighted by Crippen LogP contribution is 2.59. The monoisotopic (exact) mass is 1760 g/mol. The minimum absolute atomic E-state index is 0.0651. The molecule has 6 atom stereocenters. The Labute approximate surface area is 751 Å². The van der Waals surface area contributed by atoms with Gasteiger partial charge in [-0.25, -0.2) is 19.2 Å². The van der Waals surface area contributed by atoms with Crippen LogP contribution in [0.1, 0.15) is 109 Å². The molecule has 1 unspecified atom stereocenters. The number of phenolic OH excluding ortho intramolecular Hbond substituents is 5. The maximum absolute atomic E-state index is 16.2. The fourth-order valence-corrected chi connectivity index (χ4v) is 17.2. The van der Waals surface area contributed by atoms with Gasteiger partial charge in [0, 0.05) is 61.2 Å². The second kappa shape index (κ2) is 33.0. The molecule has 6 aliphatic heterocycles. The zero-order valence-corrected chi connectivity index (χ0v) is 69.2. The largest absolute Gasteiger partial charge is 0.504 e. The van der Waals surface area contributed by atoms with E-state index in [1.807, 2.05) is 0 Å². The van der Waals surface area contributed by atoms with E-state index in [1.165, 1.54) is 30.3 Å². The van der Waals surface area contributed by atoms with Crippen molar-refractivity contribution in [2.24, 2.45) is 0 Å². The summed E-state index contributed by atoms with van der Waals surface area (Å²) in [5.74, 6) is -19.3. The van der Waals surface area contributed by atoms with Crippen molar-refractivity contribution in [2.75, 3.05) is 6.61 Å². The summed E-state index contributed by atoms with van der Waals surface area (Å²) in [4.78, 5) is 64.2. The third kappa shape index (κ3) is 14.4. The molecule has 6 N–H and O–H groups in total. The fourth-order valence-electron chi connectivity index (χ4n) is 17.2. The number of fused-ring (bicyclic) bond motifs is 5. The normalized spacial score (nSPS) is 18.4. The highest BCUT2D eigenvalue weighted by Gasteiger charge is 2.58. The van der Waals surface area contributed by atoms with Crippen molar-refractivity contribution in [2.45, 2.75) is 65.9 Å². The molecular weight excluding hydrogens is 1690 g/mol. The number of hydrogen-bond acceptors (Lipinski definition) is 26. The molecule has 6 heterocycles. The number of aliphatic hydroxyl groups excluding tert-OH is 1. The van der Waals surface area contributed by atoms with Crippen LogP contribution in [0.4, 0.5) is 0 Å². The van der Waals surface area contributed by atoms with E-state index in [0.29, 0.717) is 55.6 Å². The maximum atomic E-state index is 16.2. The van der Waals surface area contributed by atoms with Crippen molar-refractivity contribution in [1.82, 2.24) is 0 Å². The van der Waals surface area contributed by atoms with E-state index in [1.54, 1.807) is 303 Å². The summed E-state index contributed by atoms with van der Waals surface area (Å²) in [5.41, 5.74) is 2.66. The molecule has 0 bridgehead atoms. The Bertz CT molecular complexity index is 6710. The lowest BCUT2D eigenvalue weighted by Crippen LogP contribution is -2.63. The first-order valence-electron chi connectivity index (χ1n) is 41.9. The topological polar surface area (TPSA) is 337 Å². The van der Waals surface area contributed by atoms with Gasteiger partial charge in [-0.05, 0) is 60.7 Å². The molecule has 1 fully saturated rings. The Balaban J connectivity index is 0.710. The van der Waals surface area contributed by atoms with E-state index in [9.17, 15) is 30.6 Å². The molecule has 0 radical (unpaired) electrons. The van der Waals surface area contributed by atoms with Crippen LogP contribution in [0, 0.1) is 0 Å². The number of esters is 4. The van der Waals surface area contributed by atoms with Crippen LogP contribution in [0.25, 0.3) is 0 Å². The Kier molecular flexibility index (Phi) is 20.5. The Morgan fingerprint density at radius 2 is 0.470 bits per heavy atom. The highest BCUT2D eigenvalue weighted by molar-refractivity contribution is 5.95. The molecule has 6 aliphatic rings. The van der Waals surface area contributed by atoms with Gasteiger partial charge in [-0.1, -0.05) is 303 Å². The van der Waals surface area contributed by atoms with Crippen molar-refractivity contribution in [1.29, 1.82) is 0 Å². The molecule has 132 heavy (non-hydrogen) atoms. The van der Waals surface area contributed by atoms with Crippen molar-refractivity contribution in [3.8, 4) is 86.2 Å². The van der Waals surface area contributed by atoms with E-state index in [0.717, 1.165) is 30.3 Å². The van der Waals surface area contributed by atoms with Gasteiger partial charge in [0.25, 0.3) is 0 Å². The maximum Gasteiger partial charge on any atom is 0.340 e. The van der Waals surface area contributed by atoms with E-state index in [-0.39, 0.29) is 63.1 Å². The smallest absolute Gasteiger partial charge is 0.340 e. The van der Waals surface area contributed by atoms with E-state index >= 15 is 19.2 Å². The first-order chi connectivity index (χ1) is 64.3. The van der Waals surface area contributed by atoms with Gasteiger partial charge in [0.2, 0.25) is 41.1 Å². The van der Waals surface area contributed by atoms with E-state index in [4.69, 9.17) is 75.8 Å². The molecule has 0 aliphatic carbocycles. The number of benzene rings is 15. The summed E-state index contributed by atoms with van der Waals surface area (Å²) in [7, 11) is 0. The molecule has 15 aromatic carbocycles. The molecule has 1 saturated heterocycles. The highest BCUT2D eigenvalue weighted by atomic mass is 16.8. The SMILES string of the molecule is O=C(O[C@H]1O[C@H](COC(O)c2cc(O)c3c(c2)OC(c2ccccc2)(c2ccccc2)O3)[C@@H](OC(=O)c2cc(O)c3c(c2)OC(c2ccccc2)(c2ccccc2)O3)[C@H](OC(=O)c2cc(O)c3c(c2)OC(c2ccccc2)(c2ccccc2)O3)[C@H]1OC(=O)c1cc(O)c2c(c1)OC(c1ccccc1)(c1ccccc1)O2)c1cc(O)c2c(c1)OC(c1ccccc1)(c1ccccc1)O2. The molecule has 0 saturated carbocycles. The molecule has 21 rings (SSSR count). The molecule has 654 valence electrons. The second-order valence-corrected chi connectivity index (χ2v) is 31.7. The zero-order chi connectivity index (χ0) is 90.0. The number of aliphatic hydroxyl groups is 1. The molecule has 0 amide bonds. The van der Waals surface area contributed by atoms with Crippen molar-refractivity contribution in [3.05, 3.63) is 447 Å². The third-order valence-electron chi connectivity index (χ3n) is 23.4. The third-order valence-corrected chi connectivity index (χ3v) is 23.4. The predicted molar refractivity (Wildman–Crippen MR) is 468 cm³/mol.